The average Bonchev–Trinajstić information content (AvgIpc) is 2.34. The molecule has 0 heterocycles. The SMILES string of the molecule is CC.CCCCNCCCNCCCCN. The van der Waals surface area contributed by atoms with E-state index in [0.29, 0.717) is 0 Å². The Morgan fingerprint density at radius 3 is 1.75 bits per heavy atom. The maximum absolute atomic E-state index is 5.40. The number of hydrogen-bond donors (Lipinski definition) is 3. The minimum atomic E-state index is 0.820. The van der Waals surface area contributed by atoms with E-state index in [-0.39, 0.29) is 0 Å². The number of unbranched alkanes of at least 4 members (excludes halogenated alkanes) is 2. The summed E-state index contributed by atoms with van der Waals surface area (Å²) in [6.45, 7) is 11.6. The van der Waals surface area contributed by atoms with E-state index in [4.69, 9.17) is 5.73 Å². The lowest BCUT2D eigenvalue weighted by Gasteiger charge is -2.05. The summed E-state index contributed by atoms with van der Waals surface area (Å²) >= 11 is 0. The lowest BCUT2D eigenvalue weighted by atomic mass is 10.3. The molecule has 0 rings (SSSR count). The van der Waals surface area contributed by atoms with E-state index in [0.717, 1.165) is 32.6 Å². The molecule has 3 nitrogen and oxygen atoms in total. The van der Waals surface area contributed by atoms with Crippen LogP contribution >= 0.6 is 0 Å². The molecule has 0 aromatic carbocycles. The van der Waals surface area contributed by atoms with E-state index in [2.05, 4.69) is 17.6 Å². The van der Waals surface area contributed by atoms with Gasteiger partial charge >= 0.3 is 0 Å². The molecule has 0 atom stereocenters. The van der Waals surface area contributed by atoms with Crippen LogP contribution in [0.3, 0.4) is 0 Å². The van der Waals surface area contributed by atoms with E-state index in [9.17, 15) is 0 Å². The zero-order chi connectivity index (χ0) is 12.5. The Morgan fingerprint density at radius 2 is 1.25 bits per heavy atom. The van der Waals surface area contributed by atoms with Crippen molar-refractivity contribution in [3.63, 3.8) is 0 Å². The van der Waals surface area contributed by atoms with Crippen molar-refractivity contribution in [3.8, 4) is 0 Å². The molecule has 0 amide bonds. The first-order valence-corrected chi connectivity index (χ1v) is 7.03. The van der Waals surface area contributed by atoms with E-state index < -0.39 is 0 Å². The van der Waals surface area contributed by atoms with Gasteiger partial charge in [-0.2, -0.15) is 0 Å². The van der Waals surface area contributed by atoms with Crippen molar-refractivity contribution in [2.24, 2.45) is 5.73 Å². The summed E-state index contributed by atoms with van der Waals surface area (Å²) in [4.78, 5) is 0. The van der Waals surface area contributed by atoms with Crippen LogP contribution in [-0.4, -0.2) is 32.7 Å². The zero-order valence-electron chi connectivity index (χ0n) is 11.6. The number of hydrogen-bond acceptors (Lipinski definition) is 3. The van der Waals surface area contributed by atoms with Crippen LogP contribution in [0.15, 0.2) is 0 Å². The third kappa shape index (κ3) is 19.5. The van der Waals surface area contributed by atoms with E-state index >= 15 is 0 Å². The number of rotatable bonds is 11. The van der Waals surface area contributed by atoms with Gasteiger partial charge in [-0.05, 0) is 58.4 Å². The molecule has 0 aromatic rings. The summed E-state index contributed by atoms with van der Waals surface area (Å²) in [7, 11) is 0. The molecule has 0 fully saturated rings. The highest BCUT2D eigenvalue weighted by Crippen LogP contribution is 1.84. The highest BCUT2D eigenvalue weighted by molar-refractivity contribution is 4.52. The second-order valence-corrected chi connectivity index (χ2v) is 3.70. The van der Waals surface area contributed by atoms with Gasteiger partial charge in [0, 0.05) is 0 Å². The van der Waals surface area contributed by atoms with Crippen LogP contribution in [0.2, 0.25) is 0 Å². The highest BCUT2D eigenvalue weighted by Gasteiger charge is 1.89. The fraction of sp³-hybridized carbons (Fsp3) is 1.00. The molecule has 0 radical (unpaired) electrons. The molecule has 0 saturated carbocycles. The van der Waals surface area contributed by atoms with Gasteiger partial charge in [0.1, 0.15) is 0 Å². The number of nitrogens with one attached hydrogen (secondary N) is 2. The molecule has 0 bridgehead atoms. The molecule has 0 aromatic heterocycles. The van der Waals surface area contributed by atoms with Crippen LogP contribution in [0.4, 0.5) is 0 Å². The molecule has 3 heteroatoms. The topological polar surface area (TPSA) is 50.1 Å². The Bertz CT molecular complexity index is 85.2. The third-order valence-corrected chi connectivity index (χ3v) is 2.22. The van der Waals surface area contributed by atoms with Gasteiger partial charge in [0.15, 0.2) is 0 Å². The quantitative estimate of drug-likeness (QED) is 0.477. The first-order valence-electron chi connectivity index (χ1n) is 7.03. The monoisotopic (exact) mass is 231 g/mol. The maximum atomic E-state index is 5.40. The average molecular weight is 231 g/mol. The molecule has 0 unspecified atom stereocenters. The predicted molar refractivity (Wildman–Crippen MR) is 74.9 cm³/mol. The first kappa shape index (κ1) is 18.3. The first-order chi connectivity index (χ1) is 7.91. The molecular formula is C13H33N3. The standard InChI is InChI=1S/C11H27N3.C2H6/c1-2-3-8-13-10-6-11-14-9-5-4-7-12;1-2/h13-14H,2-12H2,1H3;1-2H3. The molecular weight excluding hydrogens is 198 g/mol. The predicted octanol–water partition coefficient (Wildman–Crippen LogP) is 2.12. The fourth-order valence-corrected chi connectivity index (χ4v) is 1.28. The number of nitrogens with two attached hydrogens (primary N) is 1. The van der Waals surface area contributed by atoms with E-state index in [1.807, 2.05) is 13.8 Å². The van der Waals surface area contributed by atoms with Crippen molar-refractivity contribution in [2.75, 3.05) is 32.7 Å². The largest absolute Gasteiger partial charge is 0.330 e. The summed E-state index contributed by atoms with van der Waals surface area (Å²) in [5.41, 5.74) is 5.40. The van der Waals surface area contributed by atoms with Crippen LogP contribution in [0.25, 0.3) is 0 Å². The van der Waals surface area contributed by atoms with Crippen molar-refractivity contribution >= 4 is 0 Å². The summed E-state index contributed by atoms with van der Waals surface area (Å²) < 4.78 is 0. The molecule has 16 heavy (non-hydrogen) atoms. The second kappa shape index (κ2) is 20.3. The van der Waals surface area contributed by atoms with Crippen molar-refractivity contribution in [2.45, 2.75) is 52.9 Å². The lowest BCUT2D eigenvalue weighted by molar-refractivity contribution is 0.568. The summed E-state index contributed by atoms with van der Waals surface area (Å²) in [6.07, 6.45) is 6.15. The molecule has 0 aliphatic carbocycles. The fourth-order valence-electron chi connectivity index (χ4n) is 1.28. The lowest BCUT2D eigenvalue weighted by Crippen LogP contribution is -2.23. The van der Waals surface area contributed by atoms with Crippen LogP contribution in [0.5, 0.6) is 0 Å². The normalized spacial score (nSPS) is 9.75. The van der Waals surface area contributed by atoms with E-state index in [1.165, 1.54) is 32.2 Å². The van der Waals surface area contributed by atoms with Gasteiger partial charge in [-0.1, -0.05) is 27.2 Å². The zero-order valence-corrected chi connectivity index (χ0v) is 11.6. The minimum absolute atomic E-state index is 0.820. The van der Waals surface area contributed by atoms with Crippen LogP contribution in [0.1, 0.15) is 52.9 Å². The van der Waals surface area contributed by atoms with Crippen LogP contribution in [0, 0.1) is 0 Å². The van der Waals surface area contributed by atoms with Crippen molar-refractivity contribution in [3.05, 3.63) is 0 Å². The van der Waals surface area contributed by atoms with Gasteiger partial charge < -0.3 is 16.4 Å². The summed E-state index contributed by atoms with van der Waals surface area (Å²) in [6, 6.07) is 0. The molecule has 4 N–H and O–H groups in total. The Kier molecular flexibility index (Phi) is 23.2. The van der Waals surface area contributed by atoms with Crippen LogP contribution < -0.4 is 16.4 Å². The highest BCUT2D eigenvalue weighted by atomic mass is 14.9. The maximum Gasteiger partial charge on any atom is -0.00368 e. The second-order valence-electron chi connectivity index (χ2n) is 3.70. The van der Waals surface area contributed by atoms with Gasteiger partial charge in [-0.15, -0.1) is 0 Å². The van der Waals surface area contributed by atoms with E-state index in [1.54, 1.807) is 0 Å². The van der Waals surface area contributed by atoms with Crippen molar-refractivity contribution < 1.29 is 0 Å². The van der Waals surface area contributed by atoms with Crippen molar-refractivity contribution in [1.29, 1.82) is 0 Å². The summed E-state index contributed by atoms with van der Waals surface area (Å²) in [5, 5.41) is 6.84. The van der Waals surface area contributed by atoms with Gasteiger partial charge in [0.2, 0.25) is 0 Å². The smallest absolute Gasteiger partial charge is 0.00368 e. The van der Waals surface area contributed by atoms with Gasteiger partial charge in [-0.25, -0.2) is 0 Å². The Morgan fingerprint density at radius 1 is 0.750 bits per heavy atom. The Labute approximate surface area is 103 Å². The third-order valence-electron chi connectivity index (χ3n) is 2.22. The molecule has 0 saturated heterocycles. The van der Waals surface area contributed by atoms with Gasteiger partial charge in [0.05, 0.1) is 0 Å². The van der Waals surface area contributed by atoms with Gasteiger partial charge in [0.25, 0.3) is 0 Å². The molecule has 0 aliphatic heterocycles. The molecule has 0 aliphatic rings. The Hall–Kier alpha value is -0.120. The molecule has 100 valence electrons. The minimum Gasteiger partial charge on any atom is -0.330 e. The summed E-state index contributed by atoms with van der Waals surface area (Å²) in [5.74, 6) is 0. The Balaban J connectivity index is 0. The van der Waals surface area contributed by atoms with Gasteiger partial charge in [-0.3, -0.25) is 0 Å². The van der Waals surface area contributed by atoms with Crippen LogP contribution in [-0.2, 0) is 0 Å². The molecule has 0 spiro atoms. The van der Waals surface area contributed by atoms with Crippen molar-refractivity contribution in [1.82, 2.24) is 10.6 Å².